The van der Waals surface area contributed by atoms with Crippen molar-refractivity contribution in [1.82, 2.24) is 5.32 Å². The molecule has 0 fully saturated rings. The molecular formula is C9H8BF4NO3. The Morgan fingerprint density at radius 3 is 1.89 bits per heavy atom. The maximum absolute atomic E-state index is 13.4. The third-order valence-corrected chi connectivity index (χ3v) is 2.12. The van der Waals surface area contributed by atoms with Crippen LogP contribution < -0.4 is 10.8 Å². The second-order valence-corrected chi connectivity index (χ2v) is 3.28. The monoisotopic (exact) mass is 265 g/mol. The molecule has 98 valence electrons. The zero-order valence-corrected chi connectivity index (χ0v) is 9.10. The number of hydrogen-bond donors (Lipinski definition) is 3. The lowest BCUT2D eigenvalue weighted by Gasteiger charge is -2.11. The summed E-state index contributed by atoms with van der Waals surface area (Å²) in [7, 11) is -2.74. The van der Waals surface area contributed by atoms with E-state index >= 15 is 0 Å². The molecule has 0 aromatic heterocycles. The Kier molecular flexibility index (Phi) is 4.30. The number of rotatable bonds is 3. The number of carbonyl (C=O) groups is 1. The molecule has 3 N–H and O–H groups in total. The van der Waals surface area contributed by atoms with Gasteiger partial charge in [-0.15, -0.1) is 0 Å². The predicted octanol–water partition coefficient (Wildman–Crippen LogP) is -0.328. The highest BCUT2D eigenvalue weighted by Gasteiger charge is 2.33. The summed E-state index contributed by atoms with van der Waals surface area (Å²) >= 11 is 0. The van der Waals surface area contributed by atoms with Crippen molar-refractivity contribution in [3.63, 3.8) is 0 Å². The number of carbonyl (C=O) groups excluding carboxylic acids is 1. The van der Waals surface area contributed by atoms with Gasteiger partial charge < -0.3 is 15.4 Å². The summed E-state index contributed by atoms with van der Waals surface area (Å²) in [6.07, 6.45) is 0. The summed E-state index contributed by atoms with van der Waals surface area (Å²) in [5.41, 5.74) is -3.03. The van der Waals surface area contributed by atoms with E-state index in [1.165, 1.54) is 6.92 Å². The van der Waals surface area contributed by atoms with Crippen LogP contribution in [0.2, 0.25) is 0 Å². The number of hydrogen-bond acceptors (Lipinski definition) is 3. The summed E-state index contributed by atoms with van der Waals surface area (Å²) in [6, 6.07) is 0. The molecule has 1 aromatic rings. The van der Waals surface area contributed by atoms with Crippen molar-refractivity contribution in [3.05, 3.63) is 28.8 Å². The van der Waals surface area contributed by atoms with Crippen LogP contribution in [0.25, 0.3) is 0 Å². The fraction of sp³-hybridized carbons (Fsp3) is 0.222. The fourth-order valence-electron chi connectivity index (χ4n) is 1.32. The molecule has 9 heteroatoms. The Labute approximate surface area is 99.4 Å². The zero-order valence-electron chi connectivity index (χ0n) is 9.10. The van der Waals surface area contributed by atoms with Crippen LogP contribution >= 0.6 is 0 Å². The molecule has 0 bridgehead atoms. The molecule has 1 amide bonds. The van der Waals surface area contributed by atoms with Crippen LogP contribution in [0.4, 0.5) is 17.6 Å². The van der Waals surface area contributed by atoms with Gasteiger partial charge in [-0.3, -0.25) is 4.79 Å². The molecule has 0 radical (unpaired) electrons. The minimum Gasteiger partial charge on any atom is -0.423 e. The van der Waals surface area contributed by atoms with Crippen LogP contribution in [-0.4, -0.2) is 29.6 Å². The second-order valence-electron chi connectivity index (χ2n) is 3.28. The maximum atomic E-state index is 13.4. The zero-order chi connectivity index (χ0) is 14.0. The van der Waals surface area contributed by atoms with Gasteiger partial charge in [0.1, 0.15) is 5.56 Å². The van der Waals surface area contributed by atoms with Gasteiger partial charge in [0.05, 0.1) is 5.46 Å². The van der Waals surface area contributed by atoms with Gasteiger partial charge in [0.15, 0.2) is 23.3 Å². The van der Waals surface area contributed by atoms with Gasteiger partial charge in [0.2, 0.25) is 0 Å². The molecule has 0 unspecified atom stereocenters. The first-order valence-electron chi connectivity index (χ1n) is 4.83. The highest BCUT2D eigenvalue weighted by molar-refractivity contribution is 6.58. The third-order valence-electron chi connectivity index (χ3n) is 2.12. The van der Waals surface area contributed by atoms with Crippen LogP contribution in [0, 0.1) is 23.3 Å². The summed E-state index contributed by atoms with van der Waals surface area (Å²) in [4.78, 5) is 11.2. The number of nitrogens with one attached hydrogen (secondary N) is 1. The molecular weight excluding hydrogens is 257 g/mol. The lowest BCUT2D eigenvalue weighted by Crippen LogP contribution is -2.39. The maximum Gasteiger partial charge on any atom is 0.494 e. The van der Waals surface area contributed by atoms with Crippen LogP contribution in [0.15, 0.2) is 0 Å². The smallest absolute Gasteiger partial charge is 0.423 e. The number of benzene rings is 1. The third kappa shape index (κ3) is 2.32. The van der Waals surface area contributed by atoms with Crippen molar-refractivity contribution in [2.75, 3.05) is 6.54 Å². The van der Waals surface area contributed by atoms with Crippen LogP contribution in [0.3, 0.4) is 0 Å². The molecule has 18 heavy (non-hydrogen) atoms. The molecule has 4 nitrogen and oxygen atoms in total. The topological polar surface area (TPSA) is 69.6 Å². The first kappa shape index (κ1) is 14.5. The van der Waals surface area contributed by atoms with E-state index in [1.54, 1.807) is 0 Å². The van der Waals surface area contributed by atoms with Crippen molar-refractivity contribution >= 4 is 18.5 Å². The molecule has 0 aliphatic carbocycles. The lowest BCUT2D eigenvalue weighted by atomic mass is 9.78. The molecule has 0 aliphatic rings. The minimum atomic E-state index is -2.74. The van der Waals surface area contributed by atoms with E-state index in [0.717, 1.165) is 0 Å². The SMILES string of the molecule is CCNC(=O)c1c(F)c(F)c(B(O)O)c(F)c1F. The number of amides is 1. The van der Waals surface area contributed by atoms with Crippen LogP contribution in [0.5, 0.6) is 0 Å². The Balaban J connectivity index is 3.53. The van der Waals surface area contributed by atoms with Crippen molar-refractivity contribution in [3.8, 4) is 0 Å². The van der Waals surface area contributed by atoms with Crippen molar-refractivity contribution in [2.45, 2.75) is 6.92 Å². The van der Waals surface area contributed by atoms with Gasteiger partial charge >= 0.3 is 7.12 Å². The highest BCUT2D eigenvalue weighted by atomic mass is 19.2. The van der Waals surface area contributed by atoms with Gasteiger partial charge in [-0.25, -0.2) is 17.6 Å². The first-order chi connectivity index (χ1) is 8.32. The van der Waals surface area contributed by atoms with E-state index in [2.05, 4.69) is 0 Å². The largest absolute Gasteiger partial charge is 0.494 e. The lowest BCUT2D eigenvalue weighted by molar-refractivity contribution is 0.0945. The van der Waals surface area contributed by atoms with Crippen LogP contribution in [-0.2, 0) is 0 Å². The summed E-state index contributed by atoms with van der Waals surface area (Å²) in [5, 5.41) is 19.2. The molecule has 0 spiro atoms. The van der Waals surface area contributed by atoms with E-state index in [4.69, 9.17) is 10.0 Å². The summed E-state index contributed by atoms with van der Waals surface area (Å²) in [5.74, 6) is -9.36. The van der Waals surface area contributed by atoms with Gasteiger partial charge in [0, 0.05) is 6.54 Å². The summed E-state index contributed by atoms with van der Waals surface area (Å²) in [6.45, 7) is 1.43. The summed E-state index contributed by atoms with van der Waals surface area (Å²) < 4.78 is 53.3. The number of halogens is 4. The minimum absolute atomic E-state index is 0.00860. The molecule has 0 saturated carbocycles. The molecule has 1 rings (SSSR count). The average molecular weight is 265 g/mol. The van der Waals surface area contributed by atoms with E-state index in [9.17, 15) is 22.4 Å². The standard InChI is InChI=1S/C9H8BF4NO3/c1-2-15-9(16)3-5(11)7(13)4(10(17)18)8(14)6(3)12/h17-18H,2H2,1H3,(H,15,16). The molecule has 0 saturated heterocycles. The van der Waals surface area contributed by atoms with Gasteiger partial charge in [-0.2, -0.15) is 0 Å². The molecule has 1 aromatic carbocycles. The Morgan fingerprint density at radius 1 is 1.11 bits per heavy atom. The molecule has 0 aliphatic heterocycles. The van der Waals surface area contributed by atoms with Crippen molar-refractivity contribution in [1.29, 1.82) is 0 Å². The van der Waals surface area contributed by atoms with Crippen LogP contribution in [0.1, 0.15) is 17.3 Å². The van der Waals surface area contributed by atoms with E-state index < -0.39 is 47.3 Å². The van der Waals surface area contributed by atoms with E-state index in [1.807, 2.05) is 5.32 Å². The fourth-order valence-corrected chi connectivity index (χ4v) is 1.32. The van der Waals surface area contributed by atoms with E-state index in [0.29, 0.717) is 0 Å². The molecule has 0 heterocycles. The Morgan fingerprint density at radius 2 is 1.56 bits per heavy atom. The Hall–Kier alpha value is -1.61. The average Bonchev–Trinajstić information content (AvgIpc) is 2.27. The predicted molar refractivity (Wildman–Crippen MR) is 54.1 cm³/mol. The first-order valence-corrected chi connectivity index (χ1v) is 4.83. The van der Waals surface area contributed by atoms with Gasteiger partial charge in [-0.05, 0) is 6.92 Å². The highest BCUT2D eigenvalue weighted by Crippen LogP contribution is 2.18. The van der Waals surface area contributed by atoms with Crippen molar-refractivity contribution < 1.29 is 32.4 Å². The van der Waals surface area contributed by atoms with Crippen molar-refractivity contribution in [2.24, 2.45) is 0 Å². The Bertz CT molecular complexity index is 466. The van der Waals surface area contributed by atoms with Gasteiger partial charge in [-0.1, -0.05) is 0 Å². The van der Waals surface area contributed by atoms with E-state index in [-0.39, 0.29) is 6.54 Å². The normalized spacial score (nSPS) is 10.4. The molecule has 0 atom stereocenters. The van der Waals surface area contributed by atoms with Gasteiger partial charge in [0.25, 0.3) is 5.91 Å². The second kappa shape index (κ2) is 5.36. The quantitative estimate of drug-likeness (QED) is 0.398.